The standard InChI is InChI=1S/C13H24N4O3S.ClH/c1-3-14-11(2)8-16-21(18,19)13-9-15-17(10-13)12-4-6-20-7-5-12;/h9-12,14,16H,3-8H2,1-2H3;1H/t11-;/m1./s1. The number of hydrogen-bond acceptors (Lipinski definition) is 5. The van der Waals surface area contributed by atoms with Crippen LogP contribution in [0.4, 0.5) is 0 Å². The van der Waals surface area contributed by atoms with Crippen LogP contribution in [-0.4, -0.2) is 50.5 Å². The Hall–Kier alpha value is -0.670. The first-order valence-electron chi connectivity index (χ1n) is 7.38. The molecule has 0 spiro atoms. The van der Waals surface area contributed by atoms with Gasteiger partial charge in [0.05, 0.1) is 12.2 Å². The lowest BCUT2D eigenvalue weighted by atomic mass is 10.1. The first-order chi connectivity index (χ1) is 10.0. The number of rotatable bonds is 7. The van der Waals surface area contributed by atoms with Gasteiger partial charge in [0, 0.05) is 32.0 Å². The maximum Gasteiger partial charge on any atom is 0.243 e. The Kier molecular flexibility index (Phi) is 7.78. The van der Waals surface area contributed by atoms with Crippen LogP contribution < -0.4 is 10.0 Å². The van der Waals surface area contributed by atoms with Gasteiger partial charge in [-0.25, -0.2) is 13.1 Å². The molecule has 0 saturated carbocycles. The second-order valence-corrected chi connectivity index (χ2v) is 7.08. The third-order valence-electron chi connectivity index (χ3n) is 3.59. The molecule has 0 amide bonds. The van der Waals surface area contributed by atoms with Gasteiger partial charge >= 0.3 is 0 Å². The molecule has 7 nitrogen and oxygen atoms in total. The molecule has 0 radical (unpaired) electrons. The van der Waals surface area contributed by atoms with Crippen molar-refractivity contribution < 1.29 is 13.2 Å². The highest BCUT2D eigenvalue weighted by atomic mass is 35.5. The van der Waals surface area contributed by atoms with E-state index in [0.717, 1.165) is 19.4 Å². The minimum absolute atomic E-state index is 0. The van der Waals surface area contributed by atoms with Crippen LogP contribution in [0.1, 0.15) is 32.7 Å². The second kappa shape index (κ2) is 8.83. The highest BCUT2D eigenvalue weighted by molar-refractivity contribution is 7.89. The summed E-state index contributed by atoms with van der Waals surface area (Å²) in [4.78, 5) is 0.220. The summed E-state index contributed by atoms with van der Waals surface area (Å²) in [5.74, 6) is 0. The van der Waals surface area contributed by atoms with Crippen molar-refractivity contribution in [3.05, 3.63) is 12.4 Å². The maximum absolute atomic E-state index is 12.2. The molecule has 1 atom stereocenters. The van der Waals surface area contributed by atoms with Gasteiger partial charge in [-0.2, -0.15) is 5.10 Å². The molecule has 9 heteroatoms. The molecule has 0 unspecified atom stereocenters. The van der Waals surface area contributed by atoms with Gasteiger partial charge < -0.3 is 10.1 Å². The number of halogens is 1. The lowest BCUT2D eigenvalue weighted by molar-refractivity contribution is 0.0662. The van der Waals surface area contributed by atoms with Crippen molar-refractivity contribution in [2.45, 2.75) is 43.7 Å². The lowest BCUT2D eigenvalue weighted by Gasteiger charge is -2.22. The van der Waals surface area contributed by atoms with E-state index in [1.165, 1.54) is 6.20 Å². The number of likely N-dealkylation sites (N-methyl/N-ethyl adjacent to an activating group) is 1. The van der Waals surface area contributed by atoms with Crippen molar-refractivity contribution >= 4 is 22.4 Å². The van der Waals surface area contributed by atoms with Gasteiger partial charge in [0.1, 0.15) is 4.90 Å². The molecule has 2 rings (SSSR count). The van der Waals surface area contributed by atoms with E-state index in [2.05, 4.69) is 15.1 Å². The van der Waals surface area contributed by atoms with Crippen LogP contribution in [0.25, 0.3) is 0 Å². The van der Waals surface area contributed by atoms with Crippen molar-refractivity contribution in [2.75, 3.05) is 26.3 Å². The molecular formula is C13H25ClN4O3S. The third-order valence-corrected chi connectivity index (χ3v) is 4.96. The fourth-order valence-corrected chi connectivity index (χ4v) is 3.42. The van der Waals surface area contributed by atoms with Gasteiger partial charge in [0.25, 0.3) is 0 Å². The predicted molar refractivity (Wildman–Crippen MR) is 86.9 cm³/mol. The van der Waals surface area contributed by atoms with Gasteiger partial charge in [0.2, 0.25) is 10.0 Å². The van der Waals surface area contributed by atoms with Crippen molar-refractivity contribution in [1.29, 1.82) is 0 Å². The smallest absolute Gasteiger partial charge is 0.243 e. The zero-order valence-electron chi connectivity index (χ0n) is 13.0. The summed E-state index contributed by atoms with van der Waals surface area (Å²) in [6, 6.07) is 0.318. The van der Waals surface area contributed by atoms with E-state index in [-0.39, 0.29) is 29.4 Å². The van der Waals surface area contributed by atoms with Crippen LogP contribution in [0.5, 0.6) is 0 Å². The Morgan fingerprint density at radius 3 is 2.77 bits per heavy atom. The molecule has 1 saturated heterocycles. The van der Waals surface area contributed by atoms with Crippen molar-refractivity contribution in [3.63, 3.8) is 0 Å². The zero-order chi connectivity index (χ0) is 15.3. The van der Waals surface area contributed by atoms with Gasteiger partial charge in [0.15, 0.2) is 0 Å². The molecule has 2 heterocycles. The molecule has 1 aliphatic heterocycles. The molecule has 1 fully saturated rings. The summed E-state index contributed by atoms with van der Waals surface area (Å²) in [6.45, 7) is 6.50. The number of hydrogen-bond donors (Lipinski definition) is 2. The fourth-order valence-electron chi connectivity index (χ4n) is 2.35. The normalized spacial score (nSPS) is 17.9. The topological polar surface area (TPSA) is 85.3 Å². The van der Waals surface area contributed by atoms with Crippen LogP contribution >= 0.6 is 12.4 Å². The van der Waals surface area contributed by atoms with Crippen molar-refractivity contribution in [3.8, 4) is 0 Å². The van der Waals surface area contributed by atoms with E-state index in [0.29, 0.717) is 19.8 Å². The molecule has 22 heavy (non-hydrogen) atoms. The highest BCUT2D eigenvalue weighted by Crippen LogP contribution is 2.21. The van der Waals surface area contributed by atoms with E-state index in [9.17, 15) is 8.42 Å². The Balaban J connectivity index is 0.00000242. The summed E-state index contributed by atoms with van der Waals surface area (Å²) in [5, 5.41) is 7.36. The highest BCUT2D eigenvalue weighted by Gasteiger charge is 2.21. The third kappa shape index (κ3) is 5.20. The monoisotopic (exact) mass is 352 g/mol. The largest absolute Gasteiger partial charge is 0.381 e. The zero-order valence-corrected chi connectivity index (χ0v) is 14.6. The molecule has 0 aromatic carbocycles. The lowest BCUT2D eigenvalue weighted by Crippen LogP contribution is -2.38. The average molecular weight is 353 g/mol. The number of nitrogens with one attached hydrogen (secondary N) is 2. The first-order valence-corrected chi connectivity index (χ1v) is 8.86. The molecule has 0 aliphatic carbocycles. The van der Waals surface area contributed by atoms with Crippen LogP contribution in [0, 0.1) is 0 Å². The quantitative estimate of drug-likeness (QED) is 0.762. The summed E-state index contributed by atoms with van der Waals surface area (Å²) < 4.78 is 34.1. The summed E-state index contributed by atoms with van der Waals surface area (Å²) in [7, 11) is -3.50. The maximum atomic E-state index is 12.2. The van der Waals surface area contributed by atoms with Gasteiger partial charge in [-0.1, -0.05) is 6.92 Å². The molecule has 2 N–H and O–H groups in total. The molecule has 0 bridgehead atoms. The Labute approximate surface area is 138 Å². The van der Waals surface area contributed by atoms with Crippen molar-refractivity contribution in [1.82, 2.24) is 19.8 Å². The van der Waals surface area contributed by atoms with Crippen LogP contribution in [0.3, 0.4) is 0 Å². The SMILES string of the molecule is CCN[C@H](C)CNS(=O)(=O)c1cnn(C2CCOCC2)c1.Cl. The first kappa shape index (κ1) is 19.4. The Bertz CT molecular complexity index is 543. The van der Waals surface area contributed by atoms with Gasteiger partial charge in [-0.05, 0) is 26.3 Å². The number of aromatic nitrogens is 2. The van der Waals surface area contributed by atoms with E-state index in [1.807, 2.05) is 13.8 Å². The van der Waals surface area contributed by atoms with E-state index >= 15 is 0 Å². The van der Waals surface area contributed by atoms with Crippen LogP contribution in [-0.2, 0) is 14.8 Å². The molecule has 1 aliphatic rings. The number of nitrogens with zero attached hydrogens (tertiary/aromatic N) is 2. The summed E-state index contributed by atoms with van der Waals surface area (Å²) in [5.41, 5.74) is 0. The predicted octanol–water partition coefficient (Wildman–Crippen LogP) is 0.933. The minimum atomic E-state index is -3.50. The second-order valence-electron chi connectivity index (χ2n) is 5.31. The molecule has 128 valence electrons. The minimum Gasteiger partial charge on any atom is -0.381 e. The van der Waals surface area contributed by atoms with E-state index in [1.54, 1.807) is 10.9 Å². The van der Waals surface area contributed by atoms with E-state index < -0.39 is 10.0 Å². The molecule has 1 aromatic heterocycles. The molecule has 1 aromatic rings. The van der Waals surface area contributed by atoms with Gasteiger partial charge in [-0.15, -0.1) is 12.4 Å². The van der Waals surface area contributed by atoms with Crippen molar-refractivity contribution in [2.24, 2.45) is 0 Å². The van der Waals surface area contributed by atoms with Crippen LogP contribution in [0.15, 0.2) is 17.3 Å². The summed E-state index contributed by atoms with van der Waals surface area (Å²) in [6.07, 6.45) is 4.75. The van der Waals surface area contributed by atoms with Gasteiger partial charge in [-0.3, -0.25) is 4.68 Å². The Morgan fingerprint density at radius 1 is 1.45 bits per heavy atom. The number of sulfonamides is 1. The summed E-state index contributed by atoms with van der Waals surface area (Å²) >= 11 is 0. The average Bonchev–Trinajstić information content (AvgIpc) is 2.97. The molecular weight excluding hydrogens is 328 g/mol. The van der Waals surface area contributed by atoms with E-state index in [4.69, 9.17) is 4.74 Å². The Morgan fingerprint density at radius 2 is 2.14 bits per heavy atom. The fraction of sp³-hybridized carbons (Fsp3) is 0.769. The van der Waals surface area contributed by atoms with Crippen LogP contribution in [0.2, 0.25) is 0 Å². The number of ether oxygens (including phenoxy) is 1.